The third-order valence-corrected chi connectivity index (χ3v) is 5.87. The molecule has 5 rings (SSSR count). The SMILES string of the molecule is O=C(CC1CC1)N1CC[C@@]2(COCc3cnc(NCc4ccco4)nc32)C1. The van der Waals surface area contributed by atoms with Crippen LogP contribution in [0.4, 0.5) is 5.95 Å². The molecule has 1 spiro atoms. The largest absolute Gasteiger partial charge is 0.467 e. The van der Waals surface area contributed by atoms with Crippen LogP contribution in [-0.2, 0) is 28.1 Å². The number of nitrogens with one attached hydrogen (secondary N) is 1. The van der Waals surface area contributed by atoms with Gasteiger partial charge in [-0.05, 0) is 37.3 Å². The Kier molecular flexibility index (Phi) is 4.11. The van der Waals surface area contributed by atoms with E-state index in [1.54, 1.807) is 6.26 Å². The molecule has 0 bridgehead atoms. The molecular formula is C20H24N4O3. The van der Waals surface area contributed by atoms with Crippen LogP contribution in [0.25, 0.3) is 0 Å². The first kappa shape index (κ1) is 16.7. The van der Waals surface area contributed by atoms with Crippen LogP contribution in [0.15, 0.2) is 29.0 Å². The minimum atomic E-state index is -0.211. The number of amides is 1. The highest BCUT2D eigenvalue weighted by molar-refractivity contribution is 5.77. The summed E-state index contributed by atoms with van der Waals surface area (Å²) in [6.07, 6.45) is 7.50. The Balaban J connectivity index is 1.35. The van der Waals surface area contributed by atoms with E-state index in [0.29, 0.717) is 44.6 Å². The van der Waals surface area contributed by atoms with Gasteiger partial charge >= 0.3 is 0 Å². The number of fused-ring (bicyclic) bond motifs is 2. The number of anilines is 1. The van der Waals surface area contributed by atoms with E-state index >= 15 is 0 Å². The highest BCUT2D eigenvalue weighted by Gasteiger charge is 2.46. The maximum Gasteiger partial charge on any atom is 0.223 e. The maximum atomic E-state index is 12.6. The van der Waals surface area contributed by atoms with Crippen LogP contribution in [0.1, 0.15) is 42.7 Å². The fraction of sp³-hybridized carbons (Fsp3) is 0.550. The van der Waals surface area contributed by atoms with Crippen molar-refractivity contribution in [2.45, 2.75) is 44.2 Å². The van der Waals surface area contributed by atoms with Gasteiger partial charge in [-0.25, -0.2) is 9.97 Å². The molecule has 4 heterocycles. The van der Waals surface area contributed by atoms with Crippen molar-refractivity contribution in [1.82, 2.24) is 14.9 Å². The molecule has 3 aliphatic rings. The van der Waals surface area contributed by atoms with Gasteiger partial charge in [0.1, 0.15) is 5.76 Å². The molecule has 0 unspecified atom stereocenters. The van der Waals surface area contributed by atoms with Gasteiger partial charge in [0, 0.05) is 31.3 Å². The first-order valence-electron chi connectivity index (χ1n) is 9.70. The smallest absolute Gasteiger partial charge is 0.223 e. The number of carbonyl (C=O) groups is 1. The second kappa shape index (κ2) is 6.64. The van der Waals surface area contributed by atoms with E-state index in [2.05, 4.69) is 10.3 Å². The summed E-state index contributed by atoms with van der Waals surface area (Å²) in [7, 11) is 0. The van der Waals surface area contributed by atoms with Crippen LogP contribution < -0.4 is 5.32 Å². The Hall–Kier alpha value is -2.41. The number of furan rings is 1. The number of nitrogens with zero attached hydrogens (tertiary/aromatic N) is 3. The summed E-state index contributed by atoms with van der Waals surface area (Å²) in [5.41, 5.74) is 1.85. The van der Waals surface area contributed by atoms with E-state index in [1.807, 2.05) is 23.2 Å². The van der Waals surface area contributed by atoms with Gasteiger partial charge < -0.3 is 19.4 Å². The second-order valence-electron chi connectivity index (χ2n) is 7.99. The summed E-state index contributed by atoms with van der Waals surface area (Å²) in [6.45, 7) is 3.17. The Morgan fingerprint density at radius 1 is 1.41 bits per heavy atom. The van der Waals surface area contributed by atoms with Crippen molar-refractivity contribution >= 4 is 11.9 Å². The zero-order valence-electron chi connectivity index (χ0n) is 15.3. The zero-order chi connectivity index (χ0) is 18.3. The molecule has 142 valence electrons. The van der Waals surface area contributed by atoms with E-state index in [9.17, 15) is 4.79 Å². The fourth-order valence-corrected chi connectivity index (χ4v) is 4.16. The molecule has 27 heavy (non-hydrogen) atoms. The second-order valence-corrected chi connectivity index (χ2v) is 7.99. The summed E-state index contributed by atoms with van der Waals surface area (Å²) in [5.74, 6) is 2.33. The van der Waals surface area contributed by atoms with Gasteiger partial charge in [-0.15, -0.1) is 0 Å². The van der Waals surface area contributed by atoms with Crippen molar-refractivity contribution in [3.63, 3.8) is 0 Å². The highest BCUT2D eigenvalue weighted by atomic mass is 16.5. The van der Waals surface area contributed by atoms with Crippen molar-refractivity contribution in [2.24, 2.45) is 5.92 Å². The fourth-order valence-electron chi connectivity index (χ4n) is 4.16. The Morgan fingerprint density at radius 2 is 2.33 bits per heavy atom. The summed E-state index contributed by atoms with van der Waals surface area (Å²) in [6, 6.07) is 3.78. The van der Waals surface area contributed by atoms with Gasteiger partial charge in [-0.3, -0.25) is 4.79 Å². The van der Waals surface area contributed by atoms with Crippen molar-refractivity contribution in [2.75, 3.05) is 25.0 Å². The van der Waals surface area contributed by atoms with Crippen LogP contribution in [0.5, 0.6) is 0 Å². The van der Waals surface area contributed by atoms with Crippen LogP contribution in [0, 0.1) is 5.92 Å². The van der Waals surface area contributed by atoms with Crippen LogP contribution >= 0.6 is 0 Å². The van der Waals surface area contributed by atoms with Crippen LogP contribution in [-0.4, -0.2) is 40.5 Å². The predicted octanol–water partition coefficient (Wildman–Crippen LogP) is 2.48. The number of carbonyl (C=O) groups excluding carboxylic acids is 1. The molecule has 1 amide bonds. The standard InChI is InChI=1S/C20H24N4O3/c25-17(8-14-3-4-14)24-6-5-20(12-24)13-26-11-15-9-21-19(23-18(15)20)22-10-16-2-1-7-27-16/h1-2,7,9,14H,3-6,8,10-13H2,(H,21,22,23)/t20-/m0/s1. The summed E-state index contributed by atoms with van der Waals surface area (Å²) in [4.78, 5) is 23.8. The minimum Gasteiger partial charge on any atom is -0.467 e. The molecular weight excluding hydrogens is 344 g/mol. The summed E-state index contributed by atoms with van der Waals surface area (Å²) < 4.78 is 11.2. The molecule has 7 nitrogen and oxygen atoms in total. The average molecular weight is 368 g/mol. The third kappa shape index (κ3) is 3.32. The average Bonchev–Trinajstić information content (AvgIpc) is 3.18. The number of likely N-dealkylation sites (tertiary alicyclic amines) is 1. The quantitative estimate of drug-likeness (QED) is 0.873. The van der Waals surface area contributed by atoms with E-state index in [-0.39, 0.29) is 11.3 Å². The van der Waals surface area contributed by atoms with Gasteiger partial charge in [0.05, 0.1) is 37.1 Å². The topological polar surface area (TPSA) is 80.5 Å². The molecule has 2 aliphatic heterocycles. The predicted molar refractivity (Wildman–Crippen MR) is 97.9 cm³/mol. The first-order chi connectivity index (χ1) is 13.2. The van der Waals surface area contributed by atoms with E-state index < -0.39 is 0 Å². The lowest BCUT2D eigenvalue weighted by Gasteiger charge is -2.34. The van der Waals surface area contributed by atoms with Crippen molar-refractivity contribution in [3.05, 3.63) is 41.6 Å². The molecule has 1 N–H and O–H groups in total. The normalized spacial score (nSPS) is 24.2. The third-order valence-electron chi connectivity index (χ3n) is 5.87. The molecule has 1 atom stereocenters. The number of aromatic nitrogens is 2. The number of hydrogen-bond acceptors (Lipinski definition) is 6. The van der Waals surface area contributed by atoms with E-state index in [0.717, 1.165) is 30.0 Å². The number of rotatable bonds is 5. The van der Waals surface area contributed by atoms with Gasteiger partial charge in [0.25, 0.3) is 0 Å². The van der Waals surface area contributed by atoms with Gasteiger partial charge in [-0.2, -0.15) is 0 Å². The van der Waals surface area contributed by atoms with E-state index in [1.165, 1.54) is 12.8 Å². The molecule has 0 aromatic carbocycles. The van der Waals surface area contributed by atoms with Gasteiger partial charge in [0.15, 0.2) is 0 Å². The number of ether oxygens (including phenoxy) is 1. The molecule has 7 heteroatoms. The maximum absolute atomic E-state index is 12.6. The van der Waals surface area contributed by atoms with Crippen LogP contribution in [0.3, 0.4) is 0 Å². The summed E-state index contributed by atoms with van der Waals surface area (Å²) in [5, 5.41) is 3.23. The zero-order valence-corrected chi connectivity index (χ0v) is 15.3. The van der Waals surface area contributed by atoms with E-state index in [4.69, 9.17) is 14.1 Å². The molecule has 2 aromatic heterocycles. The molecule has 2 aromatic rings. The van der Waals surface area contributed by atoms with Crippen molar-refractivity contribution < 1.29 is 13.9 Å². The Morgan fingerprint density at radius 3 is 3.15 bits per heavy atom. The minimum absolute atomic E-state index is 0.211. The monoisotopic (exact) mass is 368 g/mol. The molecule has 0 radical (unpaired) electrons. The summed E-state index contributed by atoms with van der Waals surface area (Å²) >= 11 is 0. The van der Waals surface area contributed by atoms with Crippen molar-refractivity contribution in [1.29, 1.82) is 0 Å². The van der Waals surface area contributed by atoms with Crippen molar-refractivity contribution in [3.8, 4) is 0 Å². The molecule has 1 saturated carbocycles. The van der Waals surface area contributed by atoms with Crippen LogP contribution in [0.2, 0.25) is 0 Å². The Labute approximate surface area is 158 Å². The van der Waals surface area contributed by atoms with Gasteiger partial charge in [-0.1, -0.05) is 0 Å². The lowest BCUT2D eigenvalue weighted by Crippen LogP contribution is -2.41. The highest BCUT2D eigenvalue weighted by Crippen LogP contribution is 2.40. The molecule has 1 aliphatic carbocycles. The molecule has 1 saturated heterocycles. The lowest BCUT2D eigenvalue weighted by atomic mass is 9.80. The van der Waals surface area contributed by atoms with Gasteiger partial charge in [0.2, 0.25) is 11.9 Å². The molecule has 2 fully saturated rings. The number of hydrogen-bond donors (Lipinski definition) is 1. The lowest BCUT2D eigenvalue weighted by molar-refractivity contribution is -0.130. The first-order valence-corrected chi connectivity index (χ1v) is 9.70. The Bertz CT molecular complexity index is 834.